The minimum atomic E-state index is -3.06. The summed E-state index contributed by atoms with van der Waals surface area (Å²) in [5, 5.41) is 3.52. The zero-order chi connectivity index (χ0) is 14.1. The van der Waals surface area contributed by atoms with E-state index in [1.54, 1.807) is 0 Å². The molecule has 0 spiro atoms. The summed E-state index contributed by atoms with van der Waals surface area (Å²) < 4.78 is 46.9. The number of nitrogens with zero attached hydrogens (tertiary/aromatic N) is 1. The van der Waals surface area contributed by atoms with Crippen LogP contribution in [0.4, 0.5) is 0 Å². The second kappa shape index (κ2) is 3.82. The lowest BCUT2D eigenvalue weighted by atomic mass is 9.97. The quantitative estimate of drug-likeness (QED) is 0.614. The number of hydrogen-bond acceptors (Lipinski definition) is 5. The molecule has 0 unspecified atom stereocenters. The van der Waals surface area contributed by atoms with E-state index in [1.165, 1.54) is 0 Å². The molecule has 0 aromatic carbocycles. The van der Waals surface area contributed by atoms with Gasteiger partial charge >= 0.3 is 0 Å². The van der Waals surface area contributed by atoms with Crippen molar-refractivity contribution in [2.75, 3.05) is 23.0 Å². The molecule has 19 heavy (non-hydrogen) atoms. The topological polar surface area (TPSA) is 83.6 Å². The molecule has 3 heterocycles. The van der Waals surface area contributed by atoms with Crippen molar-refractivity contribution < 1.29 is 16.8 Å². The Hall–Kier alpha value is -0.410. The number of fused-ring (bicyclic) bond motifs is 1. The zero-order valence-electron chi connectivity index (χ0n) is 10.5. The van der Waals surface area contributed by atoms with Crippen molar-refractivity contribution in [1.29, 1.82) is 0 Å². The third-order valence-electron chi connectivity index (χ3n) is 4.25. The van der Waals surface area contributed by atoms with Crippen LogP contribution in [0.5, 0.6) is 0 Å². The zero-order valence-corrected chi connectivity index (χ0v) is 12.9. The molecule has 0 aliphatic carbocycles. The van der Waals surface area contributed by atoms with Crippen LogP contribution >= 0.6 is 12.2 Å². The van der Waals surface area contributed by atoms with Crippen molar-refractivity contribution in [3.63, 3.8) is 0 Å². The smallest absolute Gasteiger partial charge is 0.170 e. The minimum Gasteiger partial charge on any atom is -0.357 e. The first-order valence-electron chi connectivity index (χ1n) is 6.13. The van der Waals surface area contributed by atoms with Crippen molar-refractivity contribution in [3.05, 3.63) is 0 Å². The van der Waals surface area contributed by atoms with Gasteiger partial charge in [0.25, 0.3) is 0 Å². The van der Waals surface area contributed by atoms with Crippen molar-refractivity contribution >= 4 is 37.0 Å². The fraction of sp³-hybridized carbons (Fsp3) is 0.900. The van der Waals surface area contributed by atoms with Crippen LogP contribution in [0.1, 0.15) is 13.3 Å². The second-order valence-corrected chi connectivity index (χ2v) is 10.6. The largest absolute Gasteiger partial charge is 0.357 e. The average Bonchev–Trinajstić information content (AvgIpc) is 2.74. The second-order valence-electron chi connectivity index (χ2n) is 5.91. The van der Waals surface area contributed by atoms with Gasteiger partial charge in [-0.25, -0.2) is 16.8 Å². The van der Waals surface area contributed by atoms with Gasteiger partial charge in [-0.1, -0.05) is 0 Å². The Labute approximate surface area is 118 Å². The molecular formula is C10H16N2O4S3. The molecule has 3 saturated heterocycles. The maximum absolute atomic E-state index is 11.7. The molecule has 0 saturated carbocycles. The molecule has 9 heteroatoms. The minimum absolute atomic E-state index is 0.0467. The van der Waals surface area contributed by atoms with E-state index in [4.69, 9.17) is 12.2 Å². The summed E-state index contributed by atoms with van der Waals surface area (Å²) in [7, 11) is -6.11. The summed E-state index contributed by atoms with van der Waals surface area (Å²) in [4.78, 5) is 1.84. The van der Waals surface area contributed by atoms with E-state index in [9.17, 15) is 16.8 Å². The van der Waals surface area contributed by atoms with Crippen molar-refractivity contribution in [1.82, 2.24) is 10.2 Å². The Balaban J connectivity index is 1.95. The van der Waals surface area contributed by atoms with Crippen molar-refractivity contribution in [3.8, 4) is 0 Å². The van der Waals surface area contributed by atoms with E-state index in [2.05, 4.69) is 5.32 Å². The van der Waals surface area contributed by atoms with Crippen LogP contribution in [0.15, 0.2) is 0 Å². The highest BCUT2D eigenvalue weighted by atomic mass is 32.2. The normalized spacial score (nSPS) is 43.2. The molecule has 108 valence electrons. The van der Waals surface area contributed by atoms with E-state index < -0.39 is 25.2 Å². The molecule has 6 nitrogen and oxygen atoms in total. The van der Waals surface area contributed by atoms with Gasteiger partial charge in [0, 0.05) is 0 Å². The summed E-state index contributed by atoms with van der Waals surface area (Å²) in [5.74, 6) is 0.329. The third kappa shape index (κ3) is 2.15. The molecule has 0 amide bonds. The third-order valence-corrected chi connectivity index (χ3v) is 8.16. The highest BCUT2D eigenvalue weighted by Crippen LogP contribution is 2.37. The lowest BCUT2D eigenvalue weighted by Gasteiger charge is -2.38. The van der Waals surface area contributed by atoms with Crippen LogP contribution < -0.4 is 5.32 Å². The Morgan fingerprint density at radius 3 is 2.53 bits per heavy atom. The fourth-order valence-electron chi connectivity index (χ4n) is 3.43. The summed E-state index contributed by atoms with van der Waals surface area (Å²) in [5.41, 5.74) is -0.581. The number of sulfone groups is 2. The van der Waals surface area contributed by atoms with Crippen molar-refractivity contribution in [2.45, 2.75) is 31.0 Å². The van der Waals surface area contributed by atoms with E-state index in [0.717, 1.165) is 0 Å². The maximum Gasteiger partial charge on any atom is 0.170 e. The van der Waals surface area contributed by atoms with Gasteiger partial charge in [-0.15, -0.1) is 0 Å². The average molecular weight is 324 g/mol. The number of thiocarbonyl (C=S) groups is 1. The van der Waals surface area contributed by atoms with Crippen LogP contribution in [0.3, 0.4) is 0 Å². The molecule has 0 aromatic heterocycles. The van der Waals surface area contributed by atoms with Gasteiger partial charge in [0.15, 0.2) is 24.8 Å². The summed E-state index contributed by atoms with van der Waals surface area (Å²) in [6.07, 6.45) is 0.500. The Kier molecular flexibility index (Phi) is 2.73. The standard InChI is InChI=1S/C10H16N2O4S3/c1-10(2-3-18(13,14)6-10)12-8-5-19(15,16)4-7(8)11-9(12)17/h7-8H,2-6H2,1H3,(H,11,17)/t7-,8+,10-/m1/s1. The molecule has 0 aromatic rings. The van der Waals surface area contributed by atoms with E-state index in [0.29, 0.717) is 11.5 Å². The van der Waals surface area contributed by atoms with E-state index >= 15 is 0 Å². The van der Waals surface area contributed by atoms with Gasteiger partial charge in [0.2, 0.25) is 0 Å². The highest BCUT2D eigenvalue weighted by Gasteiger charge is 2.55. The van der Waals surface area contributed by atoms with Gasteiger partial charge < -0.3 is 10.2 Å². The first-order chi connectivity index (χ1) is 8.62. The molecular weight excluding hydrogens is 308 g/mol. The molecule has 3 aliphatic rings. The van der Waals surface area contributed by atoms with Crippen LogP contribution in [0, 0.1) is 0 Å². The molecule has 3 rings (SSSR count). The lowest BCUT2D eigenvalue weighted by molar-refractivity contribution is 0.191. The Bertz CT molecular complexity index is 630. The van der Waals surface area contributed by atoms with Gasteiger partial charge in [0.05, 0.1) is 40.6 Å². The number of hydrogen-bond donors (Lipinski definition) is 1. The van der Waals surface area contributed by atoms with Crippen LogP contribution in [-0.4, -0.2) is 67.5 Å². The van der Waals surface area contributed by atoms with Crippen LogP contribution in [-0.2, 0) is 19.7 Å². The molecule has 0 bridgehead atoms. The summed E-state index contributed by atoms with van der Waals surface area (Å²) in [6.45, 7) is 1.86. The Morgan fingerprint density at radius 1 is 1.26 bits per heavy atom. The summed E-state index contributed by atoms with van der Waals surface area (Å²) >= 11 is 5.28. The summed E-state index contributed by atoms with van der Waals surface area (Å²) in [6, 6.07) is -0.423. The first kappa shape index (κ1) is 13.6. The SMILES string of the molecule is C[C@@]1(N2C(=S)N[C@@H]3CS(=O)(=O)C[C@@H]32)CCS(=O)(=O)C1. The highest BCUT2D eigenvalue weighted by molar-refractivity contribution is 7.92. The molecule has 0 radical (unpaired) electrons. The molecule has 3 fully saturated rings. The van der Waals surface area contributed by atoms with Crippen molar-refractivity contribution in [2.24, 2.45) is 0 Å². The van der Waals surface area contributed by atoms with Gasteiger partial charge in [-0.3, -0.25) is 0 Å². The first-order valence-corrected chi connectivity index (χ1v) is 10.2. The Morgan fingerprint density at radius 2 is 1.95 bits per heavy atom. The predicted octanol–water partition coefficient (Wildman–Crippen LogP) is -1.08. The van der Waals surface area contributed by atoms with Crippen LogP contribution in [0.2, 0.25) is 0 Å². The molecule has 3 aliphatic heterocycles. The number of nitrogens with one attached hydrogen (secondary N) is 1. The molecule has 1 N–H and O–H groups in total. The van der Waals surface area contributed by atoms with Gasteiger partial charge in [-0.2, -0.15) is 0 Å². The predicted molar refractivity (Wildman–Crippen MR) is 75.5 cm³/mol. The van der Waals surface area contributed by atoms with Gasteiger partial charge in [0.1, 0.15) is 0 Å². The molecule has 3 atom stereocenters. The lowest BCUT2D eigenvalue weighted by Crippen LogP contribution is -2.53. The van der Waals surface area contributed by atoms with E-state index in [1.807, 2.05) is 11.8 Å². The van der Waals surface area contributed by atoms with Crippen LogP contribution in [0.25, 0.3) is 0 Å². The fourth-order valence-corrected chi connectivity index (χ4v) is 7.95. The van der Waals surface area contributed by atoms with Gasteiger partial charge in [-0.05, 0) is 25.6 Å². The maximum atomic E-state index is 11.7. The monoisotopic (exact) mass is 324 g/mol. The number of rotatable bonds is 1. The van der Waals surface area contributed by atoms with E-state index in [-0.39, 0.29) is 35.1 Å².